The van der Waals surface area contributed by atoms with Crippen molar-refractivity contribution >= 4 is 27.7 Å². The molecular formula is C11H11BrN4OS. The van der Waals surface area contributed by atoms with E-state index < -0.39 is 0 Å². The van der Waals surface area contributed by atoms with Crippen LogP contribution in [0.3, 0.4) is 0 Å². The van der Waals surface area contributed by atoms with Crippen molar-refractivity contribution in [2.24, 2.45) is 0 Å². The first-order chi connectivity index (χ1) is 8.84. The third-order valence-electron chi connectivity index (χ3n) is 2.63. The van der Waals surface area contributed by atoms with Crippen molar-refractivity contribution in [1.82, 2.24) is 20.4 Å². The van der Waals surface area contributed by atoms with Crippen LogP contribution in [0.1, 0.15) is 11.9 Å². The summed E-state index contributed by atoms with van der Waals surface area (Å²) in [6, 6.07) is 3.91. The van der Waals surface area contributed by atoms with Crippen LogP contribution in [0.4, 0.5) is 0 Å². The SMILES string of the molecule is Brc1cccnc1-c1noc(C2CSCCN2)n1. The van der Waals surface area contributed by atoms with E-state index in [0.29, 0.717) is 17.4 Å². The summed E-state index contributed by atoms with van der Waals surface area (Å²) in [5, 5.41) is 7.36. The second-order valence-electron chi connectivity index (χ2n) is 3.87. The van der Waals surface area contributed by atoms with E-state index in [0.717, 1.165) is 22.5 Å². The summed E-state index contributed by atoms with van der Waals surface area (Å²) < 4.78 is 6.18. The van der Waals surface area contributed by atoms with Crippen molar-refractivity contribution in [2.75, 3.05) is 18.1 Å². The van der Waals surface area contributed by atoms with E-state index in [4.69, 9.17) is 4.52 Å². The number of nitrogens with one attached hydrogen (secondary N) is 1. The summed E-state index contributed by atoms with van der Waals surface area (Å²) >= 11 is 5.33. The zero-order chi connectivity index (χ0) is 12.4. The van der Waals surface area contributed by atoms with Gasteiger partial charge in [-0.05, 0) is 28.1 Å². The number of aromatic nitrogens is 3. The Bertz CT molecular complexity index is 541. The molecule has 3 heterocycles. The molecule has 0 bridgehead atoms. The lowest BCUT2D eigenvalue weighted by Gasteiger charge is -2.19. The van der Waals surface area contributed by atoms with Crippen LogP contribution in [0.2, 0.25) is 0 Å². The topological polar surface area (TPSA) is 63.8 Å². The number of nitrogens with zero attached hydrogens (tertiary/aromatic N) is 3. The first-order valence-electron chi connectivity index (χ1n) is 5.60. The first-order valence-corrected chi connectivity index (χ1v) is 7.55. The third kappa shape index (κ3) is 2.43. The molecular weight excluding hydrogens is 316 g/mol. The quantitative estimate of drug-likeness (QED) is 0.913. The van der Waals surface area contributed by atoms with Gasteiger partial charge in [-0.25, -0.2) is 0 Å². The molecule has 2 aromatic rings. The van der Waals surface area contributed by atoms with Gasteiger partial charge in [-0.3, -0.25) is 4.98 Å². The monoisotopic (exact) mass is 326 g/mol. The molecule has 3 rings (SSSR count). The predicted octanol–water partition coefficient (Wildman–Crippen LogP) is 2.27. The summed E-state index contributed by atoms with van der Waals surface area (Å²) in [5.74, 6) is 3.25. The van der Waals surface area contributed by atoms with Gasteiger partial charge in [0, 0.05) is 28.7 Å². The Labute approximate surface area is 117 Å². The summed E-state index contributed by atoms with van der Waals surface area (Å²) in [6.07, 6.45) is 1.71. The van der Waals surface area contributed by atoms with Gasteiger partial charge in [0.1, 0.15) is 5.69 Å². The lowest BCUT2D eigenvalue weighted by atomic mass is 10.3. The summed E-state index contributed by atoms with van der Waals surface area (Å²) in [4.78, 5) is 8.67. The molecule has 0 amide bonds. The molecule has 0 aromatic carbocycles. The molecule has 0 saturated carbocycles. The van der Waals surface area contributed by atoms with Crippen molar-refractivity contribution < 1.29 is 4.52 Å². The molecule has 7 heteroatoms. The van der Waals surface area contributed by atoms with Gasteiger partial charge in [-0.15, -0.1) is 0 Å². The van der Waals surface area contributed by atoms with Crippen LogP contribution in [-0.4, -0.2) is 33.2 Å². The summed E-state index contributed by atoms with van der Waals surface area (Å²) in [5.41, 5.74) is 0.705. The Hall–Kier alpha value is -0.920. The van der Waals surface area contributed by atoms with E-state index >= 15 is 0 Å². The maximum absolute atomic E-state index is 5.32. The van der Waals surface area contributed by atoms with E-state index in [9.17, 15) is 0 Å². The number of halogens is 1. The minimum Gasteiger partial charge on any atom is -0.337 e. The van der Waals surface area contributed by atoms with Gasteiger partial charge in [0.2, 0.25) is 11.7 Å². The zero-order valence-electron chi connectivity index (χ0n) is 9.47. The zero-order valence-corrected chi connectivity index (χ0v) is 11.9. The Kier molecular flexibility index (Phi) is 3.62. The largest absolute Gasteiger partial charge is 0.337 e. The third-order valence-corrected chi connectivity index (χ3v) is 4.33. The van der Waals surface area contributed by atoms with Crippen molar-refractivity contribution in [2.45, 2.75) is 6.04 Å². The van der Waals surface area contributed by atoms with Crippen LogP contribution < -0.4 is 5.32 Å². The smallest absolute Gasteiger partial charge is 0.244 e. The van der Waals surface area contributed by atoms with E-state index in [1.807, 2.05) is 23.9 Å². The molecule has 1 saturated heterocycles. The molecule has 1 unspecified atom stereocenters. The molecule has 94 valence electrons. The van der Waals surface area contributed by atoms with Gasteiger partial charge in [0.25, 0.3) is 0 Å². The second kappa shape index (κ2) is 5.38. The van der Waals surface area contributed by atoms with E-state index in [1.54, 1.807) is 6.20 Å². The Morgan fingerprint density at radius 1 is 1.50 bits per heavy atom. The number of thioether (sulfide) groups is 1. The van der Waals surface area contributed by atoms with Gasteiger partial charge >= 0.3 is 0 Å². The lowest BCUT2D eigenvalue weighted by Crippen LogP contribution is -2.30. The van der Waals surface area contributed by atoms with Crippen LogP contribution in [0.25, 0.3) is 11.5 Å². The Balaban J connectivity index is 1.87. The number of pyridine rings is 1. The summed E-state index contributed by atoms with van der Waals surface area (Å²) in [7, 11) is 0. The minimum absolute atomic E-state index is 0.146. The number of hydrogen-bond acceptors (Lipinski definition) is 6. The average molecular weight is 327 g/mol. The van der Waals surface area contributed by atoms with Crippen LogP contribution in [0.5, 0.6) is 0 Å². The average Bonchev–Trinajstić information content (AvgIpc) is 2.90. The van der Waals surface area contributed by atoms with Gasteiger partial charge in [0.15, 0.2) is 0 Å². The van der Waals surface area contributed by atoms with Gasteiger partial charge < -0.3 is 9.84 Å². The van der Waals surface area contributed by atoms with Crippen LogP contribution >= 0.6 is 27.7 Å². The lowest BCUT2D eigenvalue weighted by molar-refractivity contribution is 0.342. The molecule has 0 radical (unpaired) electrons. The Morgan fingerprint density at radius 2 is 2.44 bits per heavy atom. The van der Waals surface area contributed by atoms with E-state index in [-0.39, 0.29) is 6.04 Å². The number of hydrogen-bond donors (Lipinski definition) is 1. The highest BCUT2D eigenvalue weighted by atomic mass is 79.9. The van der Waals surface area contributed by atoms with Crippen LogP contribution in [0, 0.1) is 0 Å². The van der Waals surface area contributed by atoms with Gasteiger partial charge in [0.05, 0.1) is 6.04 Å². The van der Waals surface area contributed by atoms with Crippen molar-refractivity contribution in [1.29, 1.82) is 0 Å². The fraction of sp³-hybridized carbons (Fsp3) is 0.364. The highest BCUT2D eigenvalue weighted by molar-refractivity contribution is 9.10. The van der Waals surface area contributed by atoms with Crippen molar-refractivity contribution in [3.8, 4) is 11.5 Å². The maximum Gasteiger partial charge on any atom is 0.244 e. The highest BCUT2D eigenvalue weighted by Gasteiger charge is 2.22. The van der Waals surface area contributed by atoms with Crippen LogP contribution in [0.15, 0.2) is 27.3 Å². The number of rotatable bonds is 2. The normalized spacial score (nSPS) is 19.9. The Morgan fingerprint density at radius 3 is 3.22 bits per heavy atom. The molecule has 1 fully saturated rings. The molecule has 1 N–H and O–H groups in total. The fourth-order valence-corrected chi connectivity index (χ4v) is 3.10. The standard InChI is InChI=1S/C11H11BrN4OS/c12-7-2-1-3-14-9(7)10-15-11(17-16-10)8-6-18-5-4-13-8/h1-3,8,13H,4-6H2. The molecule has 0 spiro atoms. The maximum atomic E-state index is 5.32. The second-order valence-corrected chi connectivity index (χ2v) is 5.88. The molecule has 2 aromatic heterocycles. The van der Waals surface area contributed by atoms with Gasteiger partial charge in [-0.1, -0.05) is 5.16 Å². The molecule has 1 aliphatic heterocycles. The van der Waals surface area contributed by atoms with E-state index in [2.05, 4.69) is 36.4 Å². The van der Waals surface area contributed by atoms with Crippen LogP contribution in [-0.2, 0) is 0 Å². The van der Waals surface area contributed by atoms with Crippen molar-refractivity contribution in [3.63, 3.8) is 0 Å². The fourth-order valence-electron chi connectivity index (χ4n) is 1.75. The van der Waals surface area contributed by atoms with E-state index in [1.165, 1.54) is 0 Å². The molecule has 0 aliphatic carbocycles. The molecule has 5 nitrogen and oxygen atoms in total. The van der Waals surface area contributed by atoms with Gasteiger partial charge in [-0.2, -0.15) is 16.7 Å². The van der Waals surface area contributed by atoms with Crippen molar-refractivity contribution in [3.05, 3.63) is 28.7 Å². The summed E-state index contributed by atoms with van der Waals surface area (Å²) in [6.45, 7) is 0.973. The molecule has 1 aliphatic rings. The predicted molar refractivity (Wildman–Crippen MR) is 73.3 cm³/mol. The molecule has 1 atom stereocenters. The molecule has 18 heavy (non-hydrogen) atoms. The minimum atomic E-state index is 0.146. The highest BCUT2D eigenvalue weighted by Crippen LogP contribution is 2.26. The first kappa shape index (κ1) is 12.1.